The van der Waals surface area contributed by atoms with Crippen molar-refractivity contribution in [3.63, 3.8) is 0 Å². The van der Waals surface area contributed by atoms with E-state index in [1.807, 2.05) is 6.92 Å². The molecule has 1 saturated carbocycles. The van der Waals surface area contributed by atoms with Crippen LogP contribution in [0.15, 0.2) is 24.7 Å². The van der Waals surface area contributed by atoms with E-state index in [1.54, 1.807) is 23.0 Å². The second-order valence-electron chi connectivity index (χ2n) is 6.95. The number of rotatable bonds is 3. The van der Waals surface area contributed by atoms with E-state index in [9.17, 15) is 13.6 Å². The van der Waals surface area contributed by atoms with Crippen LogP contribution in [-0.4, -0.2) is 38.5 Å². The Morgan fingerprint density at radius 3 is 2.96 bits per heavy atom. The molecule has 3 aromatic rings. The molecule has 0 aromatic carbocycles. The van der Waals surface area contributed by atoms with Gasteiger partial charge in [0.05, 0.1) is 22.3 Å². The van der Waals surface area contributed by atoms with Crippen molar-refractivity contribution in [2.75, 3.05) is 0 Å². The summed E-state index contributed by atoms with van der Waals surface area (Å²) in [5, 5.41) is 7.13. The normalized spacial score (nSPS) is 21.8. The fourth-order valence-electron chi connectivity index (χ4n) is 3.54. The fraction of sp³-hybridized carbons (Fsp3) is 0.389. The van der Waals surface area contributed by atoms with Crippen molar-refractivity contribution in [1.82, 2.24) is 19.9 Å². The van der Waals surface area contributed by atoms with Crippen molar-refractivity contribution in [1.29, 1.82) is 0 Å². The predicted octanol–water partition coefficient (Wildman–Crippen LogP) is 3.66. The molecule has 28 heavy (non-hydrogen) atoms. The summed E-state index contributed by atoms with van der Waals surface area (Å²) in [7, 11) is 0. The Labute approximate surface area is 168 Å². The summed E-state index contributed by atoms with van der Waals surface area (Å²) < 4.78 is 29.9. The van der Waals surface area contributed by atoms with Gasteiger partial charge in [0.25, 0.3) is 11.8 Å². The lowest BCUT2D eigenvalue weighted by Crippen LogP contribution is -2.59. The molecule has 10 heteroatoms. The van der Waals surface area contributed by atoms with E-state index in [4.69, 9.17) is 17.3 Å². The Hall–Kier alpha value is -2.10. The molecule has 0 saturated heterocycles. The summed E-state index contributed by atoms with van der Waals surface area (Å²) in [5.41, 5.74) is 7.96. The third kappa shape index (κ3) is 3.38. The Balaban J connectivity index is 1.63. The second kappa shape index (κ2) is 7.06. The van der Waals surface area contributed by atoms with Gasteiger partial charge in [-0.05, 0) is 25.8 Å². The van der Waals surface area contributed by atoms with Crippen LogP contribution in [0.1, 0.15) is 33.8 Å². The Kier molecular flexibility index (Phi) is 4.84. The lowest BCUT2D eigenvalue weighted by Gasteiger charge is -2.36. The van der Waals surface area contributed by atoms with E-state index < -0.39 is 23.9 Å². The molecule has 1 aliphatic carbocycles. The minimum atomic E-state index is -3.01. The van der Waals surface area contributed by atoms with E-state index >= 15 is 0 Å². The van der Waals surface area contributed by atoms with Gasteiger partial charge in [0.15, 0.2) is 5.65 Å². The molecular formula is C18H18ClF2N5OS. The number of nitrogens with two attached hydrogens (primary N) is 1. The molecule has 2 atom stereocenters. The molecule has 0 spiro atoms. The van der Waals surface area contributed by atoms with Crippen molar-refractivity contribution in [3.8, 4) is 11.1 Å². The molecule has 3 aromatic heterocycles. The number of carbonyl (C=O) groups is 1. The van der Waals surface area contributed by atoms with Crippen LogP contribution < -0.4 is 11.1 Å². The lowest BCUT2D eigenvalue weighted by atomic mass is 9.87. The number of hydrogen-bond donors (Lipinski definition) is 2. The number of carbonyl (C=O) groups excluding carboxylic acids is 1. The summed E-state index contributed by atoms with van der Waals surface area (Å²) in [6, 6.07) is -0.447. The van der Waals surface area contributed by atoms with E-state index in [0.717, 1.165) is 16.0 Å². The van der Waals surface area contributed by atoms with Gasteiger partial charge in [0, 0.05) is 34.7 Å². The topological polar surface area (TPSA) is 85.3 Å². The molecule has 4 rings (SSSR count). The van der Waals surface area contributed by atoms with Crippen molar-refractivity contribution in [2.24, 2.45) is 5.73 Å². The number of aryl methyl sites for hydroxylation is 1. The molecule has 1 aliphatic rings. The largest absolute Gasteiger partial charge is 0.341 e. The first-order valence-corrected chi connectivity index (χ1v) is 9.99. The maximum atomic E-state index is 14.2. The molecule has 2 unspecified atom stereocenters. The van der Waals surface area contributed by atoms with E-state index in [0.29, 0.717) is 28.4 Å². The van der Waals surface area contributed by atoms with Crippen LogP contribution >= 0.6 is 22.9 Å². The zero-order valence-electron chi connectivity index (χ0n) is 15.0. The highest BCUT2D eigenvalue weighted by Crippen LogP contribution is 2.35. The fourth-order valence-corrected chi connectivity index (χ4v) is 4.62. The van der Waals surface area contributed by atoms with Crippen LogP contribution in [0.5, 0.6) is 0 Å². The maximum Gasteiger partial charge on any atom is 0.269 e. The van der Waals surface area contributed by atoms with Crippen molar-refractivity contribution in [2.45, 2.75) is 44.2 Å². The second-order valence-corrected chi connectivity index (χ2v) is 8.64. The first-order valence-electron chi connectivity index (χ1n) is 8.80. The smallest absolute Gasteiger partial charge is 0.269 e. The summed E-state index contributed by atoms with van der Waals surface area (Å²) in [4.78, 5) is 18.1. The zero-order chi connectivity index (χ0) is 20.1. The molecule has 1 fully saturated rings. The molecular weight excluding hydrogens is 408 g/mol. The van der Waals surface area contributed by atoms with Gasteiger partial charge in [-0.3, -0.25) is 4.79 Å². The van der Waals surface area contributed by atoms with Crippen molar-refractivity contribution >= 4 is 34.5 Å². The van der Waals surface area contributed by atoms with E-state index in [2.05, 4.69) is 15.4 Å². The van der Waals surface area contributed by atoms with Gasteiger partial charge in [-0.1, -0.05) is 11.6 Å². The Bertz CT molecular complexity index is 1050. The predicted molar refractivity (Wildman–Crippen MR) is 104 cm³/mol. The SMILES string of the molecule is Cc1sc(C(=O)NC2C(N)CCCC2(F)F)cc1-c1cnn2cc(Cl)cnc12. The van der Waals surface area contributed by atoms with Crippen LogP contribution in [0, 0.1) is 6.92 Å². The van der Waals surface area contributed by atoms with Crippen LogP contribution in [0.2, 0.25) is 5.02 Å². The Morgan fingerprint density at radius 1 is 1.43 bits per heavy atom. The number of thiophene rings is 1. The summed E-state index contributed by atoms with van der Waals surface area (Å²) in [6.45, 7) is 1.86. The van der Waals surface area contributed by atoms with Gasteiger partial charge in [-0.2, -0.15) is 5.10 Å². The molecule has 0 radical (unpaired) electrons. The summed E-state index contributed by atoms with van der Waals surface area (Å²) in [6.07, 6.45) is 5.34. The highest BCUT2D eigenvalue weighted by atomic mass is 35.5. The number of hydrogen-bond acceptors (Lipinski definition) is 5. The molecule has 6 nitrogen and oxygen atoms in total. The van der Waals surface area contributed by atoms with Gasteiger partial charge in [0.1, 0.15) is 6.04 Å². The van der Waals surface area contributed by atoms with Crippen molar-refractivity contribution in [3.05, 3.63) is 39.4 Å². The number of alkyl halides is 2. The first kappa shape index (κ1) is 19.2. The number of fused-ring (bicyclic) bond motifs is 1. The standard InChI is InChI=1S/C18H18ClF2N5OS/c1-9-11(12-7-24-26-8-10(19)6-23-16(12)26)5-14(28-9)17(27)25-15-13(22)3-2-4-18(15,20)21/h5-8,13,15H,2-4,22H2,1H3,(H,25,27). The number of aromatic nitrogens is 3. The quantitative estimate of drug-likeness (QED) is 0.670. The van der Waals surface area contributed by atoms with Gasteiger partial charge in [-0.15, -0.1) is 11.3 Å². The maximum absolute atomic E-state index is 14.2. The molecule has 3 N–H and O–H groups in total. The number of nitrogens with zero attached hydrogens (tertiary/aromatic N) is 3. The summed E-state index contributed by atoms with van der Waals surface area (Å²) in [5.74, 6) is -3.55. The van der Waals surface area contributed by atoms with E-state index in [-0.39, 0.29) is 6.42 Å². The monoisotopic (exact) mass is 425 g/mol. The van der Waals surface area contributed by atoms with Crippen LogP contribution in [0.4, 0.5) is 8.78 Å². The van der Waals surface area contributed by atoms with Crippen molar-refractivity contribution < 1.29 is 13.6 Å². The highest BCUT2D eigenvalue weighted by Gasteiger charge is 2.46. The molecule has 3 heterocycles. The summed E-state index contributed by atoms with van der Waals surface area (Å²) >= 11 is 7.17. The molecule has 148 valence electrons. The van der Waals surface area contributed by atoms with Gasteiger partial charge in [-0.25, -0.2) is 18.3 Å². The lowest BCUT2D eigenvalue weighted by molar-refractivity contribution is -0.0674. The van der Waals surface area contributed by atoms with Gasteiger partial charge in [0.2, 0.25) is 0 Å². The minimum Gasteiger partial charge on any atom is -0.341 e. The van der Waals surface area contributed by atoms with Crippen LogP contribution in [-0.2, 0) is 0 Å². The van der Waals surface area contributed by atoms with Gasteiger partial charge >= 0.3 is 0 Å². The average molecular weight is 426 g/mol. The minimum absolute atomic E-state index is 0.267. The van der Waals surface area contributed by atoms with Crippen LogP contribution in [0.25, 0.3) is 16.8 Å². The Morgan fingerprint density at radius 2 is 2.21 bits per heavy atom. The molecule has 0 aliphatic heterocycles. The van der Waals surface area contributed by atoms with E-state index in [1.165, 1.54) is 17.5 Å². The van der Waals surface area contributed by atoms with Crippen LogP contribution in [0.3, 0.4) is 0 Å². The number of amides is 1. The molecule has 0 bridgehead atoms. The zero-order valence-corrected chi connectivity index (χ0v) is 16.5. The van der Waals surface area contributed by atoms with Gasteiger partial charge < -0.3 is 11.1 Å². The average Bonchev–Trinajstić information content (AvgIpc) is 3.20. The number of halogens is 3. The molecule has 1 amide bonds. The highest BCUT2D eigenvalue weighted by molar-refractivity contribution is 7.14. The third-order valence-electron chi connectivity index (χ3n) is 4.97. The third-order valence-corrected chi connectivity index (χ3v) is 6.22. The number of nitrogens with one attached hydrogen (secondary N) is 1. The first-order chi connectivity index (χ1) is 13.3.